The van der Waals surface area contributed by atoms with Gasteiger partial charge in [-0.2, -0.15) is 20.5 Å². The van der Waals surface area contributed by atoms with E-state index in [1.54, 1.807) is 11.8 Å². The summed E-state index contributed by atoms with van der Waals surface area (Å²) in [5.74, 6) is -3.45. The molecule has 1 rings (SSSR count). The summed E-state index contributed by atoms with van der Waals surface area (Å²) < 4.78 is 50.2. The number of halogens is 5. The lowest BCUT2D eigenvalue weighted by Gasteiger charge is -2.37. The Labute approximate surface area is 138 Å². The number of hydrogen-bond donors (Lipinski definition) is 1. The molecule has 0 aromatic carbocycles. The van der Waals surface area contributed by atoms with Gasteiger partial charge in [-0.05, 0) is 18.4 Å². The van der Waals surface area contributed by atoms with Crippen LogP contribution in [0.25, 0.3) is 0 Å². The number of alkyl halides is 4. The third-order valence-corrected chi connectivity index (χ3v) is 4.03. The fraction of sp³-hybridized carbons (Fsp3) is 0.917. The van der Waals surface area contributed by atoms with Crippen molar-refractivity contribution >= 4 is 30.1 Å². The van der Waals surface area contributed by atoms with E-state index in [4.69, 9.17) is 5.73 Å². The predicted octanol–water partition coefficient (Wildman–Crippen LogP) is 1.53. The van der Waals surface area contributed by atoms with Crippen LogP contribution in [0.2, 0.25) is 0 Å². The molecule has 0 bridgehead atoms. The van der Waals surface area contributed by atoms with Gasteiger partial charge in [-0.1, -0.05) is 0 Å². The van der Waals surface area contributed by atoms with E-state index in [0.717, 1.165) is 5.75 Å². The quantitative estimate of drug-likeness (QED) is 0.693. The van der Waals surface area contributed by atoms with Gasteiger partial charge in [0.05, 0.1) is 12.6 Å². The van der Waals surface area contributed by atoms with Crippen molar-refractivity contribution in [3.8, 4) is 0 Å². The Morgan fingerprint density at radius 1 is 1.27 bits per heavy atom. The highest BCUT2D eigenvalue weighted by molar-refractivity contribution is 7.98. The molecule has 0 unspecified atom stereocenters. The van der Waals surface area contributed by atoms with Crippen LogP contribution < -0.4 is 5.73 Å². The molecule has 0 radical (unpaired) electrons. The predicted molar refractivity (Wildman–Crippen MR) is 82.2 cm³/mol. The summed E-state index contributed by atoms with van der Waals surface area (Å²) in [6, 6.07) is -0.591. The van der Waals surface area contributed by atoms with Crippen LogP contribution >= 0.6 is 24.2 Å². The van der Waals surface area contributed by atoms with Crippen LogP contribution in [0.5, 0.6) is 0 Å². The van der Waals surface area contributed by atoms with Crippen LogP contribution in [0.3, 0.4) is 0 Å². The first-order valence-electron chi connectivity index (χ1n) is 6.69. The topological polar surface area (TPSA) is 49.6 Å². The first-order valence-corrected chi connectivity index (χ1v) is 8.09. The molecule has 1 atom stereocenters. The fourth-order valence-electron chi connectivity index (χ4n) is 2.10. The second-order valence-electron chi connectivity index (χ2n) is 5.05. The number of nitrogens with zero attached hydrogens (tertiary/aromatic N) is 2. The van der Waals surface area contributed by atoms with Crippen LogP contribution in [0.1, 0.15) is 6.42 Å². The molecule has 4 nitrogen and oxygen atoms in total. The van der Waals surface area contributed by atoms with Crippen molar-refractivity contribution in [2.24, 2.45) is 5.73 Å². The highest BCUT2D eigenvalue weighted by Crippen LogP contribution is 2.24. The summed E-state index contributed by atoms with van der Waals surface area (Å²) in [5, 5.41) is 0. The average molecular weight is 368 g/mol. The smallest absolute Gasteiger partial charge is 0.319 e. The molecule has 1 amide bonds. The van der Waals surface area contributed by atoms with Crippen molar-refractivity contribution in [1.29, 1.82) is 0 Å². The van der Waals surface area contributed by atoms with Gasteiger partial charge in [0.15, 0.2) is 0 Å². The summed E-state index contributed by atoms with van der Waals surface area (Å²) in [6.45, 7) is -0.186. The molecule has 1 aliphatic rings. The number of piperazine rings is 1. The molecule has 0 aromatic heterocycles. The Hall–Kier alpha value is -0.250. The molecule has 2 N–H and O–H groups in total. The van der Waals surface area contributed by atoms with Gasteiger partial charge in [0.25, 0.3) is 0 Å². The van der Waals surface area contributed by atoms with Gasteiger partial charge in [-0.25, -0.2) is 8.78 Å². The number of nitrogens with two attached hydrogens (primary N) is 1. The molecule has 22 heavy (non-hydrogen) atoms. The lowest BCUT2D eigenvalue weighted by atomic mass is 10.2. The SMILES string of the molecule is CSCC[C@H](N)C(=O)N1CCN(CC(F)(F)C(F)F)CC1.Cl. The highest BCUT2D eigenvalue weighted by atomic mass is 35.5. The number of amides is 1. The minimum atomic E-state index is -4.01. The van der Waals surface area contributed by atoms with E-state index in [9.17, 15) is 22.4 Å². The molecular formula is C12H22ClF4N3OS. The standard InChI is InChI=1S/C12H21F4N3OS.ClH/c1-21-7-2-9(17)10(20)19-5-3-18(4-6-19)8-12(15,16)11(13)14;/h9,11H,2-8,17H2,1H3;1H/t9-;/m0./s1. The van der Waals surface area contributed by atoms with Gasteiger partial charge in [-0.3, -0.25) is 9.69 Å². The van der Waals surface area contributed by atoms with E-state index in [1.807, 2.05) is 6.26 Å². The van der Waals surface area contributed by atoms with Gasteiger partial charge in [0, 0.05) is 26.2 Å². The van der Waals surface area contributed by atoms with Crippen molar-refractivity contribution in [2.75, 3.05) is 44.7 Å². The average Bonchev–Trinajstić information content (AvgIpc) is 2.44. The molecule has 0 saturated carbocycles. The summed E-state index contributed by atoms with van der Waals surface area (Å²) in [7, 11) is 0. The zero-order valence-electron chi connectivity index (χ0n) is 12.3. The number of rotatable bonds is 7. The van der Waals surface area contributed by atoms with Crippen molar-refractivity contribution in [1.82, 2.24) is 9.80 Å². The zero-order valence-corrected chi connectivity index (χ0v) is 13.9. The molecule has 1 saturated heterocycles. The summed E-state index contributed by atoms with van der Waals surface area (Å²) in [6.07, 6.45) is -1.19. The third-order valence-electron chi connectivity index (χ3n) is 3.39. The molecule has 0 spiro atoms. The van der Waals surface area contributed by atoms with E-state index in [1.165, 1.54) is 9.80 Å². The van der Waals surface area contributed by atoms with E-state index in [0.29, 0.717) is 6.42 Å². The fourth-order valence-corrected chi connectivity index (χ4v) is 2.59. The minimum absolute atomic E-state index is 0. The Balaban J connectivity index is 0.00000441. The second kappa shape index (κ2) is 9.79. The molecule has 1 aliphatic heterocycles. The van der Waals surface area contributed by atoms with Crippen LogP contribution in [0.15, 0.2) is 0 Å². The summed E-state index contributed by atoms with van der Waals surface area (Å²) in [4.78, 5) is 14.8. The van der Waals surface area contributed by atoms with Crippen molar-refractivity contribution in [2.45, 2.75) is 24.8 Å². The van der Waals surface area contributed by atoms with Gasteiger partial charge in [-0.15, -0.1) is 12.4 Å². The van der Waals surface area contributed by atoms with Crippen molar-refractivity contribution < 1.29 is 22.4 Å². The lowest BCUT2D eigenvalue weighted by molar-refractivity contribution is -0.148. The molecule has 0 aliphatic carbocycles. The molecule has 0 aromatic rings. The monoisotopic (exact) mass is 367 g/mol. The Kier molecular flexibility index (Phi) is 9.68. The Morgan fingerprint density at radius 3 is 2.27 bits per heavy atom. The van der Waals surface area contributed by atoms with Crippen molar-refractivity contribution in [3.05, 3.63) is 0 Å². The maximum atomic E-state index is 13.0. The van der Waals surface area contributed by atoms with E-state index < -0.39 is 24.9 Å². The first kappa shape index (κ1) is 21.8. The van der Waals surface area contributed by atoms with Gasteiger partial charge in [0.2, 0.25) is 5.91 Å². The number of carbonyl (C=O) groups excluding carboxylic acids is 1. The third kappa shape index (κ3) is 6.47. The molecule has 132 valence electrons. The zero-order chi connectivity index (χ0) is 16.0. The van der Waals surface area contributed by atoms with E-state index >= 15 is 0 Å². The van der Waals surface area contributed by atoms with Gasteiger partial charge < -0.3 is 10.6 Å². The molecule has 1 heterocycles. The molecule has 10 heteroatoms. The largest absolute Gasteiger partial charge is 0.339 e. The second-order valence-corrected chi connectivity index (χ2v) is 6.04. The minimum Gasteiger partial charge on any atom is -0.339 e. The van der Waals surface area contributed by atoms with E-state index in [-0.39, 0.29) is 44.5 Å². The van der Waals surface area contributed by atoms with Crippen molar-refractivity contribution in [3.63, 3.8) is 0 Å². The normalized spacial score (nSPS) is 18.2. The van der Waals surface area contributed by atoms with Crippen LogP contribution in [0, 0.1) is 0 Å². The van der Waals surface area contributed by atoms with Crippen LogP contribution in [-0.4, -0.2) is 78.8 Å². The maximum Gasteiger partial charge on any atom is 0.319 e. The van der Waals surface area contributed by atoms with Crippen LogP contribution in [-0.2, 0) is 4.79 Å². The highest BCUT2D eigenvalue weighted by Gasteiger charge is 2.42. The van der Waals surface area contributed by atoms with Gasteiger partial charge >= 0.3 is 12.3 Å². The number of thioether (sulfide) groups is 1. The molecule has 1 fully saturated rings. The van der Waals surface area contributed by atoms with Crippen LogP contribution in [0.4, 0.5) is 17.6 Å². The molecular weight excluding hydrogens is 346 g/mol. The number of carbonyl (C=O) groups is 1. The Morgan fingerprint density at radius 2 is 1.82 bits per heavy atom. The van der Waals surface area contributed by atoms with E-state index in [2.05, 4.69) is 0 Å². The van der Waals surface area contributed by atoms with Gasteiger partial charge in [0.1, 0.15) is 0 Å². The first-order chi connectivity index (χ1) is 9.77. The Bertz CT molecular complexity index is 344. The maximum absolute atomic E-state index is 13.0. The summed E-state index contributed by atoms with van der Waals surface area (Å²) >= 11 is 1.59. The summed E-state index contributed by atoms with van der Waals surface area (Å²) in [5.41, 5.74) is 5.77. The lowest BCUT2D eigenvalue weighted by Crippen LogP contribution is -2.55. The number of hydrogen-bond acceptors (Lipinski definition) is 4.